The zero-order chi connectivity index (χ0) is 12.4. The van der Waals surface area contributed by atoms with Gasteiger partial charge in [-0.25, -0.2) is 0 Å². The summed E-state index contributed by atoms with van der Waals surface area (Å²) in [7, 11) is 3.67. The monoisotopic (exact) mass is 232 g/mol. The van der Waals surface area contributed by atoms with Gasteiger partial charge in [-0.1, -0.05) is 5.92 Å². The molecule has 90 valence electrons. The molecule has 1 heterocycles. The van der Waals surface area contributed by atoms with Gasteiger partial charge in [0.05, 0.1) is 6.54 Å². The number of carbonyl (C=O) groups excluding carboxylic acids is 1. The molecule has 0 aliphatic heterocycles. The Labute approximate surface area is 101 Å². The zero-order valence-corrected chi connectivity index (χ0v) is 10.4. The average Bonchev–Trinajstić information content (AvgIpc) is 3.07. The lowest BCUT2D eigenvalue weighted by atomic mass is 10.4. The highest BCUT2D eigenvalue weighted by molar-refractivity contribution is 5.93. The highest BCUT2D eigenvalue weighted by Gasteiger charge is 2.29. The van der Waals surface area contributed by atoms with Gasteiger partial charge in [0.2, 0.25) is 0 Å². The highest BCUT2D eigenvalue weighted by Crippen LogP contribution is 2.38. The van der Waals surface area contributed by atoms with Gasteiger partial charge in [0.15, 0.2) is 5.82 Å². The number of aromatic nitrogens is 3. The summed E-state index contributed by atoms with van der Waals surface area (Å²) in [6, 6.07) is 0. The lowest BCUT2D eigenvalue weighted by molar-refractivity contribution is -0.124. The molecule has 0 radical (unpaired) electrons. The molecule has 0 atom stereocenters. The van der Waals surface area contributed by atoms with Gasteiger partial charge < -0.3 is 9.47 Å². The SMILES string of the molecule is CC#CC(=O)N(C)Cc1nnc(C2CC2)n1C. The number of rotatable bonds is 3. The Hall–Kier alpha value is -1.83. The van der Waals surface area contributed by atoms with E-state index in [-0.39, 0.29) is 5.91 Å². The Bertz CT molecular complexity index is 490. The van der Waals surface area contributed by atoms with E-state index in [0.29, 0.717) is 12.5 Å². The van der Waals surface area contributed by atoms with E-state index >= 15 is 0 Å². The molecule has 0 N–H and O–H groups in total. The van der Waals surface area contributed by atoms with Crippen molar-refractivity contribution in [1.82, 2.24) is 19.7 Å². The molecule has 1 fully saturated rings. The van der Waals surface area contributed by atoms with Crippen molar-refractivity contribution in [3.05, 3.63) is 11.6 Å². The number of amides is 1. The maximum atomic E-state index is 11.5. The molecule has 1 aliphatic rings. The van der Waals surface area contributed by atoms with E-state index in [4.69, 9.17) is 0 Å². The van der Waals surface area contributed by atoms with Crippen LogP contribution in [0.4, 0.5) is 0 Å². The van der Waals surface area contributed by atoms with Crippen molar-refractivity contribution in [2.75, 3.05) is 7.05 Å². The van der Waals surface area contributed by atoms with Crippen LogP contribution in [-0.2, 0) is 18.4 Å². The van der Waals surface area contributed by atoms with Gasteiger partial charge in [-0.2, -0.15) is 0 Å². The molecule has 1 saturated carbocycles. The summed E-state index contributed by atoms with van der Waals surface area (Å²) in [5, 5.41) is 8.31. The second-order valence-electron chi connectivity index (χ2n) is 4.34. The number of nitrogens with zero attached hydrogens (tertiary/aromatic N) is 4. The van der Waals surface area contributed by atoms with E-state index in [0.717, 1.165) is 11.6 Å². The molecule has 1 aromatic heterocycles. The first-order chi connectivity index (χ1) is 8.13. The fourth-order valence-electron chi connectivity index (χ4n) is 1.70. The second-order valence-corrected chi connectivity index (χ2v) is 4.34. The molecule has 0 unspecified atom stereocenters. The minimum Gasteiger partial charge on any atom is -0.327 e. The van der Waals surface area contributed by atoms with E-state index in [1.165, 1.54) is 12.8 Å². The molecule has 0 saturated heterocycles. The van der Waals surface area contributed by atoms with Crippen molar-refractivity contribution in [3.8, 4) is 11.8 Å². The molecule has 1 aliphatic carbocycles. The van der Waals surface area contributed by atoms with Gasteiger partial charge in [-0.05, 0) is 25.7 Å². The predicted molar refractivity (Wildman–Crippen MR) is 62.9 cm³/mol. The molecular formula is C12H16N4O. The van der Waals surface area contributed by atoms with Crippen LogP contribution in [0.25, 0.3) is 0 Å². The topological polar surface area (TPSA) is 51.0 Å². The van der Waals surface area contributed by atoms with Crippen LogP contribution < -0.4 is 0 Å². The van der Waals surface area contributed by atoms with Crippen LogP contribution in [-0.4, -0.2) is 32.6 Å². The Kier molecular flexibility index (Phi) is 3.14. The van der Waals surface area contributed by atoms with Crippen LogP contribution in [0.2, 0.25) is 0 Å². The summed E-state index contributed by atoms with van der Waals surface area (Å²) >= 11 is 0. The van der Waals surface area contributed by atoms with E-state index in [2.05, 4.69) is 22.0 Å². The Morgan fingerprint density at radius 1 is 1.53 bits per heavy atom. The molecule has 5 heteroatoms. The number of hydrogen-bond acceptors (Lipinski definition) is 3. The molecule has 17 heavy (non-hydrogen) atoms. The zero-order valence-electron chi connectivity index (χ0n) is 10.4. The van der Waals surface area contributed by atoms with Gasteiger partial charge in [-0.3, -0.25) is 4.79 Å². The van der Waals surface area contributed by atoms with Crippen molar-refractivity contribution in [1.29, 1.82) is 0 Å². The fourth-order valence-corrected chi connectivity index (χ4v) is 1.70. The van der Waals surface area contributed by atoms with Gasteiger partial charge in [0.1, 0.15) is 5.82 Å². The minimum absolute atomic E-state index is 0.191. The lowest BCUT2D eigenvalue weighted by Crippen LogP contribution is -2.26. The molecular weight excluding hydrogens is 216 g/mol. The number of hydrogen-bond donors (Lipinski definition) is 0. The lowest BCUT2D eigenvalue weighted by Gasteiger charge is -2.13. The van der Waals surface area contributed by atoms with Crippen molar-refractivity contribution in [2.24, 2.45) is 7.05 Å². The maximum absolute atomic E-state index is 11.5. The van der Waals surface area contributed by atoms with E-state index in [1.54, 1.807) is 18.9 Å². The smallest absolute Gasteiger partial charge is 0.298 e. The third-order valence-corrected chi connectivity index (χ3v) is 2.90. The van der Waals surface area contributed by atoms with E-state index in [9.17, 15) is 4.79 Å². The van der Waals surface area contributed by atoms with E-state index in [1.807, 2.05) is 11.6 Å². The Morgan fingerprint density at radius 3 is 2.82 bits per heavy atom. The predicted octanol–water partition coefficient (Wildman–Crippen LogP) is 0.674. The molecule has 1 amide bonds. The van der Waals surface area contributed by atoms with Gasteiger partial charge >= 0.3 is 0 Å². The van der Waals surface area contributed by atoms with Crippen LogP contribution in [0.15, 0.2) is 0 Å². The third kappa shape index (κ3) is 2.47. The standard InChI is InChI=1S/C12H16N4O/c1-4-5-11(17)15(2)8-10-13-14-12(16(10)3)9-6-7-9/h9H,6-8H2,1-3H3. The summed E-state index contributed by atoms with van der Waals surface area (Å²) in [5.41, 5.74) is 0. The second kappa shape index (κ2) is 4.58. The molecule has 0 spiro atoms. The van der Waals surface area contributed by atoms with Crippen LogP contribution in [0.1, 0.15) is 37.3 Å². The van der Waals surface area contributed by atoms with Crippen molar-refractivity contribution < 1.29 is 4.79 Å². The quantitative estimate of drug-likeness (QED) is 0.720. The molecule has 5 nitrogen and oxygen atoms in total. The number of carbonyl (C=O) groups is 1. The van der Waals surface area contributed by atoms with Gasteiger partial charge in [0, 0.05) is 20.0 Å². The fraction of sp³-hybridized carbons (Fsp3) is 0.583. The summed E-state index contributed by atoms with van der Waals surface area (Å²) in [6.45, 7) is 2.10. The van der Waals surface area contributed by atoms with Crippen LogP contribution >= 0.6 is 0 Å². The van der Waals surface area contributed by atoms with Crippen molar-refractivity contribution in [2.45, 2.75) is 32.2 Å². The first kappa shape index (κ1) is 11.6. The van der Waals surface area contributed by atoms with Crippen LogP contribution in [0.3, 0.4) is 0 Å². The van der Waals surface area contributed by atoms with Crippen molar-refractivity contribution in [3.63, 3.8) is 0 Å². The Morgan fingerprint density at radius 2 is 2.24 bits per heavy atom. The summed E-state index contributed by atoms with van der Waals surface area (Å²) in [5.74, 6) is 7.32. The third-order valence-electron chi connectivity index (χ3n) is 2.90. The van der Waals surface area contributed by atoms with Gasteiger partial charge in [0.25, 0.3) is 5.91 Å². The maximum Gasteiger partial charge on any atom is 0.298 e. The van der Waals surface area contributed by atoms with Gasteiger partial charge in [-0.15, -0.1) is 10.2 Å². The van der Waals surface area contributed by atoms with E-state index < -0.39 is 0 Å². The van der Waals surface area contributed by atoms with Crippen LogP contribution in [0, 0.1) is 11.8 Å². The first-order valence-electron chi connectivity index (χ1n) is 5.69. The average molecular weight is 232 g/mol. The summed E-state index contributed by atoms with van der Waals surface area (Å²) in [6.07, 6.45) is 2.39. The normalized spacial score (nSPS) is 14.1. The highest BCUT2D eigenvalue weighted by atomic mass is 16.2. The largest absolute Gasteiger partial charge is 0.327 e. The molecule has 0 bridgehead atoms. The summed E-state index contributed by atoms with van der Waals surface area (Å²) < 4.78 is 1.99. The molecule has 2 rings (SSSR count). The van der Waals surface area contributed by atoms with Crippen molar-refractivity contribution >= 4 is 5.91 Å². The first-order valence-corrected chi connectivity index (χ1v) is 5.69. The molecule has 0 aromatic carbocycles. The van der Waals surface area contributed by atoms with Crippen LogP contribution in [0.5, 0.6) is 0 Å². The Balaban J connectivity index is 2.07. The minimum atomic E-state index is -0.191. The summed E-state index contributed by atoms with van der Waals surface area (Å²) in [4.78, 5) is 13.1. The molecule has 1 aromatic rings.